The molecule has 2 atom stereocenters. The van der Waals surface area contributed by atoms with Gasteiger partial charge in [0, 0.05) is 16.5 Å². The van der Waals surface area contributed by atoms with Crippen LogP contribution in [0, 0.1) is 0 Å². The van der Waals surface area contributed by atoms with Crippen LogP contribution in [-0.4, -0.2) is 18.8 Å². The van der Waals surface area contributed by atoms with E-state index in [1.54, 1.807) is 6.07 Å². The number of hydrogen-bond donors (Lipinski definition) is 1. The number of carbonyl (C=O) groups is 1. The first-order valence-corrected chi connectivity index (χ1v) is 10.1. The summed E-state index contributed by atoms with van der Waals surface area (Å²) in [5, 5.41) is 0.136. The zero-order valence-corrected chi connectivity index (χ0v) is 15.6. The van der Waals surface area contributed by atoms with E-state index in [0.717, 1.165) is 11.1 Å². The summed E-state index contributed by atoms with van der Waals surface area (Å²) < 4.78 is 32.0. The van der Waals surface area contributed by atoms with E-state index in [0.29, 0.717) is 11.1 Å². The standard InChI is InChI=1S/C21H15ClO4S/c22-18-12-14(27(24,25)26)10-11-17(18)20-19(13-6-2-1-3-7-13)15-8-4-5-9-16(15)21(20)23/h1-12,19-20H,(H,24,25,26). The number of hydrogen-bond acceptors (Lipinski definition) is 3. The van der Waals surface area contributed by atoms with E-state index in [-0.39, 0.29) is 21.6 Å². The van der Waals surface area contributed by atoms with Crippen molar-refractivity contribution in [3.63, 3.8) is 0 Å². The highest BCUT2D eigenvalue weighted by Gasteiger charge is 2.42. The highest BCUT2D eigenvalue weighted by molar-refractivity contribution is 7.85. The minimum Gasteiger partial charge on any atom is -0.293 e. The van der Waals surface area contributed by atoms with Crippen LogP contribution in [0.1, 0.15) is 38.9 Å². The van der Waals surface area contributed by atoms with Gasteiger partial charge in [-0.3, -0.25) is 9.35 Å². The molecule has 1 aliphatic rings. The van der Waals surface area contributed by atoms with E-state index >= 15 is 0 Å². The smallest absolute Gasteiger partial charge is 0.293 e. The van der Waals surface area contributed by atoms with E-state index in [1.165, 1.54) is 18.2 Å². The van der Waals surface area contributed by atoms with Crippen LogP contribution in [-0.2, 0) is 10.1 Å². The number of benzene rings is 3. The second kappa shape index (κ2) is 6.60. The third-order valence-electron chi connectivity index (χ3n) is 4.94. The molecule has 3 aromatic rings. The van der Waals surface area contributed by atoms with Crippen LogP contribution in [0.4, 0.5) is 0 Å². The minimum atomic E-state index is -4.37. The maximum Gasteiger partial charge on any atom is 0.294 e. The molecule has 4 rings (SSSR count). The number of ketones is 1. The molecule has 0 saturated carbocycles. The van der Waals surface area contributed by atoms with E-state index < -0.39 is 16.0 Å². The Morgan fingerprint density at radius 3 is 2.15 bits per heavy atom. The van der Waals surface area contributed by atoms with E-state index in [4.69, 9.17) is 11.6 Å². The first-order valence-electron chi connectivity index (χ1n) is 8.33. The van der Waals surface area contributed by atoms with Gasteiger partial charge in [-0.2, -0.15) is 8.42 Å². The lowest BCUT2D eigenvalue weighted by Gasteiger charge is -2.21. The van der Waals surface area contributed by atoms with Crippen LogP contribution in [0.3, 0.4) is 0 Å². The van der Waals surface area contributed by atoms with Gasteiger partial charge in [-0.15, -0.1) is 0 Å². The highest BCUT2D eigenvalue weighted by atomic mass is 35.5. The lowest BCUT2D eigenvalue weighted by atomic mass is 9.81. The molecular formula is C21H15ClO4S. The van der Waals surface area contributed by atoms with Crippen LogP contribution in [0.5, 0.6) is 0 Å². The maximum atomic E-state index is 13.2. The Bertz CT molecular complexity index is 1140. The highest BCUT2D eigenvalue weighted by Crippen LogP contribution is 2.49. The van der Waals surface area contributed by atoms with Crippen LogP contribution in [0.25, 0.3) is 0 Å². The summed E-state index contributed by atoms with van der Waals surface area (Å²) in [6, 6.07) is 21.1. The van der Waals surface area contributed by atoms with Gasteiger partial charge in [0.25, 0.3) is 10.1 Å². The zero-order chi connectivity index (χ0) is 19.2. The van der Waals surface area contributed by atoms with Gasteiger partial charge in [-0.25, -0.2) is 0 Å². The number of halogens is 1. The molecule has 0 radical (unpaired) electrons. The monoisotopic (exact) mass is 398 g/mol. The second-order valence-electron chi connectivity index (χ2n) is 6.48. The normalized spacial score (nSPS) is 19.1. The molecule has 0 saturated heterocycles. The van der Waals surface area contributed by atoms with Gasteiger partial charge in [0.2, 0.25) is 0 Å². The van der Waals surface area contributed by atoms with Crippen molar-refractivity contribution in [3.05, 3.63) is 100 Å². The van der Waals surface area contributed by atoms with Crippen LogP contribution in [0.15, 0.2) is 77.7 Å². The molecule has 0 heterocycles. The molecule has 27 heavy (non-hydrogen) atoms. The molecule has 1 aliphatic carbocycles. The topological polar surface area (TPSA) is 71.4 Å². The van der Waals surface area contributed by atoms with Crippen LogP contribution < -0.4 is 0 Å². The second-order valence-corrected chi connectivity index (χ2v) is 8.30. The van der Waals surface area contributed by atoms with Crippen molar-refractivity contribution in [1.82, 2.24) is 0 Å². The molecule has 6 heteroatoms. The summed E-state index contributed by atoms with van der Waals surface area (Å²) in [7, 11) is -4.37. The molecule has 0 aromatic heterocycles. The molecule has 0 amide bonds. The van der Waals surface area contributed by atoms with E-state index in [9.17, 15) is 17.8 Å². The van der Waals surface area contributed by atoms with Gasteiger partial charge in [0.05, 0.1) is 10.8 Å². The van der Waals surface area contributed by atoms with E-state index in [1.807, 2.05) is 48.5 Å². The number of fused-ring (bicyclic) bond motifs is 1. The summed E-state index contributed by atoms with van der Waals surface area (Å²) >= 11 is 6.35. The predicted octanol–water partition coefficient (Wildman–Crippen LogP) is 4.70. The average Bonchev–Trinajstić information content (AvgIpc) is 2.94. The zero-order valence-electron chi connectivity index (χ0n) is 14.0. The predicted molar refractivity (Wildman–Crippen MR) is 103 cm³/mol. The molecule has 4 nitrogen and oxygen atoms in total. The molecule has 136 valence electrons. The Labute approximate surface area is 162 Å². The van der Waals surface area contributed by atoms with Crippen molar-refractivity contribution >= 4 is 27.5 Å². The van der Waals surface area contributed by atoms with Gasteiger partial charge in [-0.05, 0) is 28.8 Å². The number of carbonyl (C=O) groups excluding carboxylic acids is 1. The number of Topliss-reactive ketones (excluding diaryl/α,β-unsaturated/α-hetero) is 1. The van der Waals surface area contributed by atoms with Crippen molar-refractivity contribution in [3.8, 4) is 0 Å². The van der Waals surface area contributed by atoms with Crippen LogP contribution in [0.2, 0.25) is 5.02 Å². The maximum absolute atomic E-state index is 13.2. The molecule has 3 aromatic carbocycles. The van der Waals surface area contributed by atoms with Gasteiger partial charge in [0.15, 0.2) is 5.78 Å². The minimum absolute atomic E-state index is 0.0547. The van der Waals surface area contributed by atoms with E-state index in [2.05, 4.69) is 0 Å². The average molecular weight is 399 g/mol. The van der Waals surface area contributed by atoms with Crippen molar-refractivity contribution in [2.75, 3.05) is 0 Å². The lowest BCUT2D eigenvalue weighted by Crippen LogP contribution is -2.14. The van der Waals surface area contributed by atoms with Crippen molar-refractivity contribution in [2.45, 2.75) is 16.7 Å². The molecule has 0 bridgehead atoms. The van der Waals surface area contributed by atoms with Gasteiger partial charge >= 0.3 is 0 Å². The molecule has 2 unspecified atom stereocenters. The fourth-order valence-electron chi connectivity index (χ4n) is 3.76. The Balaban J connectivity index is 1.90. The summed E-state index contributed by atoms with van der Waals surface area (Å²) in [6.07, 6.45) is 0. The third-order valence-corrected chi connectivity index (χ3v) is 6.12. The molecular weight excluding hydrogens is 384 g/mol. The molecule has 1 N–H and O–H groups in total. The third kappa shape index (κ3) is 3.08. The fraction of sp³-hybridized carbons (Fsp3) is 0.0952. The Morgan fingerprint density at radius 1 is 0.815 bits per heavy atom. The summed E-state index contributed by atoms with van der Waals surface area (Å²) in [5.41, 5.74) is 3.09. The first kappa shape index (κ1) is 17.9. The SMILES string of the molecule is O=C1c2ccccc2C(c2ccccc2)C1c1ccc(S(=O)(=O)O)cc1Cl. The fourth-order valence-corrected chi connectivity index (χ4v) is 4.63. The molecule has 0 spiro atoms. The first-order chi connectivity index (χ1) is 12.9. The van der Waals surface area contributed by atoms with Crippen molar-refractivity contribution in [1.29, 1.82) is 0 Å². The van der Waals surface area contributed by atoms with Crippen LogP contribution >= 0.6 is 11.6 Å². The summed E-state index contributed by atoms with van der Waals surface area (Å²) in [5.74, 6) is -0.835. The van der Waals surface area contributed by atoms with Gasteiger partial charge in [-0.1, -0.05) is 72.3 Å². The molecule has 0 fully saturated rings. The van der Waals surface area contributed by atoms with Crippen molar-refractivity contribution < 1.29 is 17.8 Å². The largest absolute Gasteiger partial charge is 0.294 e. The summed E-state index contributed by atoms with van der Waals surface area (Å²) in [6.45, 7) is 0. The van der Waals surface area contributed by atoms with Gasteiger partial charge in [0.1, 0.15) is 0 Å². The number of rotatable bonds is 3. The Morgan fingerprint density at radius 2 is 1.48 bits per heavy atom. The Kier molecular flexibility index (Phi) is 4.38. The molecule has 0 aliphatic heterocycles. The quantitative estimate of drug-likeness (QED) is 0.649. The lowest BCUT2D eigenvalue weighted by molar-refractivity contribution is 0.0968. The Hall–Kier alpha value is -2.47. The van der Waals surface area contributed by atoms with Crippen molar-refractivity contribution in [2.24, 2.45) is 0 Å². The summed E-state index contributed by atoms with van der Waals surface area (Å²) in [4.78, 5) is 12.9. The van der Waals surface area contributed by atoms with Gasteiger partial charge < -0.3 is 0 Å².